The minimum Gasteiger partial charge on any atom is -0.460 e. The summed E-state index contributed by atoms with van der Waals surface area (Å²) in [6.45, 7) is -0.316. The average molecular weight is 322 g/mol. The molecule has 0 aromatic rings. The molecular weight excluding hydrogens is 296 g/mol. The largest absolute Gasteiger partial charge is 0.460 e. The first-order chi connectivity index (χ1) is 11.1. The fourth-order valence-corrected chi connectivity index (χ4v) is 4.07. The third kappa shape index (κ3) is 3.94. The van der Waals surface area contributed by atoms with E-state index in [1.807, 2.05) is 12.2 Å². The van der Waals surface area contributed by atoms with Crippen LogP contribution in [0, 0.1) is 17.8 Å². The molecule has 0 aromatic heterocycles. The Balaban J connectivity index is 1.40. The van der Waals surface area contributed by atoms with Crippen molar-refractivity contribution in [1.29, 1.82) is 0 Å². The van der Waals surface area contributed by atoms with Crippen molar-refractivity contribution in [1.82, 2.24) is 0 Å². The number of carbonyl (C=O) groups excluding carboxylic acids is 2. The Labute approximate surface area is 137 Å². The number of hydrogen-bond acceptors (Lipinski definition) is 5. The van der Waals surface area contributed by atoms with E-state index in [-0.39, 0.29) is 30.5 Å². The zero-order chi connectivity index (χ0) is 16.2. The van der Waals surface area contributed by atoms with Crippen LogP contribution < -0.4 is 0 Å². The van der Waals surface area contributed by atoms with Crippen LogP contribution in [0.25, 0.3) is 0 Å². The number of rotatable bonds is 4. The van der Waals surface area contributed by atoms with Gasteiger partial charge in [0.25, 0.3) is 0 Å². The lowest BCUT2D eigenvalue weighted by Gasteiger charge is -2.21. The number of ether oxygens (including phenoxy) is 2. The molecular formula is C18H26O5. The second-order valence-electron chi connectivity index (χ2n) is 7.02. The lowest BCUT2D eigenvalue weighted by Crippen LogP contribution is -2.28. The summed E-state index contributed by atoms with van der Waals surface area (Å²) >= 11 is 0. The fourth-order valence-electron chi connectivity index (χ4n) is 4.07. The van der Waals surface area contributed by atoms with Gasteiger partial charge in [0.1, 0.15) is 6.10 Å². The Morgan fingerprint density at radius 3 is 2.35 bits per heavy atom. The fraction of sp³-hybridized carbons (Fsp3) is 0.778. The summed E-state index contributed by atoms with van der Waals surface area (Å²) in [5.41, 5.74) is 0. The van der Waals surface area contributed by atoms with Gasteiger partial charge in [-0.2, -0.15) is 0 Å². The number of esters is 2. The average Bonchev–Trinajstić information content (AvgIpc) is 3.03. The van der Waals surface area contributed by atoms with E-state index in [0.29, 0.717) is 6.42 Å². The Morgan fingerprint density at radius 2 is 1.74 bits per heavy atom. The first-order valence-electron chi connectivity index (χ1n) is 8.87. The van der Waals surface area contributed by atoms with Crippen molar-refractivity contribution < 1.29 is 24.2 Å². The summed E-state index contributed by atoms with van der Waals surface area (Å²) in [6.07, 6.45) is 11.6. The van der Waals surface area contributed by atoms with Gasteiger partial charge in [0.15, 0.2) is 6.61 Å². The molecule has 2 saturated carbocycles. The molecule has 0 spiro atoms. The molecule has 4 unspecified atom stereocenters. The SMILES string of the molecule is O=C(COC(=O)C1CC2C=CC1C2O)OC1CCCCCCC1. The molecule has 5 nitrogen and oxygen atoms in total. The van der Waals surface area contributed by atoms with Crippen molar-refractivity contribution in [2.45, 2.75) is 63.6 Å². The summed E-state index contributed by atoms with van der Waals surface area (Å²) in [5.74, 6) is -1.28. The first kappa shape index (κ1) is 16.5. The predicted molar refractivity (Wildman–Crippen MR) is 83.4 cm³/mol. The Bertz CT molecular complexity index is 464. The van der Waals surface area contributed by atoms with E-state index in [1.165, 1.54) is 19.3 Å². The van der Waals surface area contributed by atoms with Crippen molar-refractivity contribution in [3.63, 3.8) is 0 Å². The number of fused-ring (bicyclic) bond motifs is 2. The maximum Gasteiger partial charge on any atom is 0.344 e. The molecule has 3 aliphatic carbocycles. The van der Waals surface area contributed by atoms with Crippen molar-refractivity contribution in [2.75, 3.05) is 6.61 Å². The third-order valence-corrected chi connectivity index (χ3v) is 5.39. The van der Waals surface area contributed by atoms with Gasteiger partial charge in [-0.15, -0.1) is 0 Å². The maximum absolute atomic E-state index is 12.1. The van der Waals surface area contributed by atoms with E-state index < -0.39 is 18.0 Å². The van der Waals surface area contributed by atoms with Crippen molar-refractivity contribution >= 4 is 11.9 Å². The molecule has 0 heterocycles. The third-order valence-electron chi connectivity index (χ3n) is 5.39. The van der Waals surface area contributed by atoms with E-state index in [2.05, 4.69) is 0 Å². The normalized spacial score (nSPS) is 34.0. The van der Waals surface area contributed by atoms with Crippen LogP contribution in [0.15, 0.2) is 12.2 Å². The van der Waals surface area contributed by atoms with E-state index in [4.69, 9.17) is 9.47 Å². The van der Waals surface area contributed by atoms with Gasteiger partial charge in [0.05, 0.1) is 12.0 Å². The van der Waals surface area contributed by atoms with Gasteiger partial charge < -0.3 is 14.6 Å². The molecule has 23 heavy (non-hydrogen) atoms. The van der Waals surface area contributed by atoms with Crippen molar-refractivity contribution in [3.05, 3.63) is 12.2 Å². The van der Waals surface area contributed by atoms with Crippen LogP contribution in [0.3, 0.4) is 0 Å². The molecule has 3 aliphatic rings. The Kier molecular flexibility index (Phi) is 5.36. The summed E-state index contributed by atoms with van der Waals surface area (Å²) in [6, 6.07) is 0. The van der Waals surface area contributed by atoms with Crippen LogP contribution in [0.5, 0.6) is 0 Å². The van der Waals surface area contributed by atoms with Gasteiger partial charge in [-0.25, -0.2) is 4.79 Å². The molecule has 0 radical (unpaired) electrons. The highest BCUT2D eigenvalue weighted by molar-refractivity contribution is 5.78. The second kappa shape index (κ2) is 7.47. The molecule has 0 aromatic carbocycles. The monoisotopic (exact) mass is 322 g/mol. The van der Waals surface area contributed by atoms with Crippen LogP contribution >= 0.6 is 0 Å². The number of hydrogen-bond donors (Lipinski definition) is 1. The van der Waals surface area contributed by atoms with Gasteiger partial charge in [0, 0.05) is 11.8 Å². The first-order valence-corrected chi connectivity index (χ1v) is 8.87. The standard InChI is InChI=1S/C18H26O5/c19-16(23-13-6-4-2-1-3-5-7-13)11-22-18(21)15-10-12-8-9-14(15)17(12)20/h8-9,12-15,17,20H,1-7,10-11H2. The van der Waals surface area contributed by atoms with E-state index in [0.717, 1.165) is 25.7 Å². The highest BCUT2D eigenvalue weighted by Crippen LogP contribution is 2.44. The lowest BCUT2D eigenvalue weighted by atomic mass is 9.94. The van der Waals surface area contributed by atoms with Crippen LogP contribution in [0.1, 0.15) is 51.4 Å². The molecule has 4 atom stereocenters. The van der Waals surface area contributed by atoms with Gasteiger partial charge >= 0.3 is 11.9 Å². The zero-order valence-corrected chi connectivity index (χ0v) is 13.5. The molecule has 128 valence electrons. The van der Waals surface area contributed by atoms with Crippen molar-refractivity contribution in [2.24, 2.45) is 17.8 Å². The summed E-state index contributed by atoms with van der Waals surface area (Å²) in [4.78, 5) is 24.0. The van der Waals surface area contributed by atoms with Gasteiger partial charge in [-0.3, -0.25) is 4.79 Å². The van der Waals surface area contributed by atoms with E-state index in [9.17, 15) is 14.7 Å². The van der Waals surface area contributed by atoms with E-state index in [1.54, 1.807) is 0 Å². The maximum atomic E-state index is 12.1. The van der Waals surface area contributed by atoms with Crippen LogP contribution in [0.2, 0.25) is 0 Å². The minimum atomic E-state index is -0.477. The minimum absolute atomic E-state index is 0.0336. The molecule has 1 N–H and O–H groups in total. The molecule has 2 fully saturated rings. The highest BCUT2D eigenvalue weighted by atomic mass is 16.6. The molecule has 0 amide bonds. The number of aliphatic hydroxyl groups excluding tert-OH is 1. The smallest absolute Gasteiger partial charge is 0.344 e. The van der Waals surface area contributed by atoms with Gasteiger partial charge in [-0.1, -0.05) is 31.4 Å². The zero-order valence-electron chi connectivity index (χ0n) is 13.5. The summed E-state index contributed by atoms with van der Waals surface area (Å²) in [7, 11) is 0. The lowest BCUT2D eigenvalue weighted by molar-refractivity contribution is -0.165. The van der Waals surface area contributed by atoms with Gasteiger partial charge in [-0.05, 0) is 32.1 Å². The molecule has 0 aliphatic heterocycles. The summed E-state index contributed by atoms with van der Waals surface area (Å²) < 4.78 is 10.6. The second-order valence-corrected chi connectivity index (χ2v) is 7.02. The molecule has 3 rings (SSSR count). The van der Waals surface area contributed by atoms with Crippen LogP contribution in [0.4, 0.5) is 0 Å². The topological polar surface area (TPSA) is 72.8 Å². The number of carbonyl (C=O) groups is 2. The Morgan fingerprint density at radius 1 is 1.04 bits per heavy atom. The van der Waals surface area contributed by atoms with Crippen LogP contribution in [-0.2, 0) is 19.1 Å². The Hall–Kier alpha value is -1.36. The molecule has 0 saturated heterocycles. The van der Waals surface area contributed by atoms with Crippen LogP contribution in [-0.4, -0.2) is 35.9 Å². The van der Waals surface area contributed by atoms with Crippen molar-refractivity contribution in [3.8, 4) is 0 Å². The number of aliphatic hydroxyl groups is 1. The quantitative estimate of drug-likeness (QED) is 0.635. The predicted octanol–water partition coefficient (Wildman–Crippen LogP) is 2.37. The van der Waals surface area contributed by atoms with Gasteiger partial charge in [0.2, 0.25) is 0 Å². The highest BCUT2D eigenvalue weighted by Gasteiger charge is 2.47. The molecule has 2 bridgehead atoms. The molecule has 5 heteroatoms. The van der Waals surface area contributed by atoms with E-state index >= 15 is 0 Å². The summed E-state index contributed by atoms with van der Waals surface area (Å²) in [5, 5.41) is 9.93.